The Morgan fingerprint density at radius 1 is 1.44 bits per heavy atom. The first kappa shape index (κ1) is 6.95. The Hall–Kier alpha value is -0.160. The summed E-state index contributed by atoms with van der Waals surface area (Å²) in [5, 5.41) is 29.1. The van der Waals surface area contributed by atoms with E-state index in [0.717, 1.165) is 0 Å². The van der Waals surface area contributed by atoms with E-state index in [-0.39, 0.29) is 12.6 Å². The number of β-amino-alcohol motifs (C(OH)–C–C–N with tert-alkyl or cyclic N) is 1. The molecule has 0 radical (unpaired) electrons. The molecule has 0 aromatic heterocycles. The molecule has 0 saturated carbocycles. The Morgan fingerprint density at radius 3 is 2.33 bits per heavy atom. The smallest absolute Gasteiger partial charge is 0.0986 e. The molecule has 0 aromatic rings. The van der Waals surface area contributed by atoms with E-state index in [2.05, 4.69) is 5.32 Å². The molecule has 0 amide bonds. The van der Waals surface area contributed by atoms with Crippen LogP contribution in [0.5, 0.6) is 0 Å². The van der Waals surface area contributed by atoms with E-state index in [1.807, 2.05) is 0 Å². The fraction of sp³-hybridized carbons (Fsp3) is 1.00. The molecule has 2 unspecified atom stereocenters. The maximum Gasteiger partial charge on any atom is 0.0986 e. The van der Waals surface area contributed by atoms with Crippen LogP contribution in [0.25, 0.3) is 0 Å². The molecule has 1 aliphatic rings. The molecule has 0 aromatic carbocycles. The first-order valence-electron chi connectivity index (χ1n) is 2.96. The summed E-state index contributed by atoms with van der Waals surface area (Å²) in [5.74, 6) is 0. The van der Waals surface area contributed by atoms with Gasteiger partial charge in [-0.05, 0) is 0 Å². The summed E-state index contributed by atoms with van der Waals surface area (Å²) in [6.07, 6.45) is -1.53. The quantitative estimate of drug-likeness (QED) is 0.324. The molecule has 1 fully saturated rings. The molecule has 0 aliphatic carbocycles. The van der Waals surface area contributed by atoms with Crippen molar-refractivity contribution in [1.82, 2.24) is 5.32 Å². The Morgan fingerprint density at radius 2 is 2.11 bits per heavy atom. The number of rotatable bonds is 1. The lowest BCUT2D eigenvalue weighted by molar-refractivity contribution is 0.0295. The van der Waals surface area contributed by atoms with Crippen LogP contribution in [0.2, 0.25) is 0 Å². The van der Waals surface area contributed by atoms with Crippen molar-refractivity contribution in [3.8, 4) is 0 Å². The average molecular weight is 133 g/mol. The van der Waals surface area contributed by atoms with Crippen LogP contribution in [-0.4, -0.2) is 46.7 Å². The predicted molar refractivity (Wildman–Crippen MR) is 30.9 cm³/mol. The zero-order valence-electron chi connectivity index (χ0n) is 4.99. The zero-order chi connectivity index (χ0) is 6.85. The van der Waals surface area contributed by atoms with Gasteiger partial charge in [0.15, 0.2) is 0 Å². The van der Waals surface area contributed by atoms with E-state index in [0.29, 0.717) is 6.54 Å². The van der Waals surface area contributed by atoms with E-state index >= 15 is 0 Å². The van der Waals surface area contributed by atoms with E-state index < -0.39 is 12.2 Å². The average Bonchev–Trinajstić information content (AvgIpc) is 2.15. The van der Waals surface area contributed by atoms with Gasteiger partial charge in [-0.1, -0.05) is 0 Å². The van der Waals surface area contributed by atoms with Gasteiger partial charge in [0, 0.05) is 6.54 Å². The molecule has 0 bridgehead atoms. The van der Waals surface area contributed by atoms with Crippen molar-refractivity contribution in [3.63, 3.8) is 0 Å². The van der Waals surface area contributed by atoms with Crippen molar-refractivity contribution in [2.45, 2.75) is 18.2 Å². The predicted octanol–water partition coefficient (Wildman–Crippen LogP) is -2.33. The lowest BCUT2D eigenvalue weighted by atomic mass is 10.1. The number of nitrogens with one attached hydrogen (secondary N) is 1. The van der Waals surface area contributed by atoms with Crippen molar-refractivity contribution < 1.29 is 15.3 Å². The monoisotopic (exact) mass is 133 g/mol. The van der Waals surface area contributed by atoms with E-state index in [4.69, 9.17) is 15.3 Å². The highest BCUT2D eigenvalue weighted by Crippen LogP contribution is 2.05. The summed E-state index contributed by atoms with van der Waals surface area (Å²) in [6, 6.07) is -0.347. The van der Waals surface area contributed by atoms with Crippen molar-refractivity contribution in [1.29, 1.82) is 0 Å². The molecule has 1 heterocycles. The van der Waals surface area contributed by atoms with Gasteiger partial charge in [0.2, 0.25) is 0 Å². The van der Waals surface area contributed by atoms with Gasteiger partial charge in [0.05, 0.1) is 24.9 Å². The van der Waals surface area contributed by atoms with Crippen LogP contribution in [0.3, 0.4) is 0 Å². The highest BCUT2D eigenvalue weighted by molar-refractivity contribution is 4.89. The second-order valence-corrected chi connectivity index (χ2v) is 2.26. The van der Waals surface area contributed by atoms with Gasteiger partial charge in [-0.25, -0.2) is 0 Å². The van der Waals surface area contributed by atoms with Gasteiger partial charge in [0.1, 0.15) is 0 Å². The van der Waals surface area contributed by atoms with Crippen LogP contribution < -0.4 is 5.32 Å². The molecule has 54 valence electrons. The lowest BCUT2D eigenvalue weighted by Gasteiger charge is -2.11. The SMILES string of the molecule is OCC1NCC(O)[C@H]1O. The van der Waals surface area contributed by atoms with Crippen molar-refractivity contribution in [2.75, 3.05) is 13.2 Å². The summed E-state index contributed by atoms with van der Waals surface area (Å²) in [5.41, 5.74) is 0. The molecular weight excluding hydrogens is 122 g/mol. The molecule has 9 heavy (non-hydrogen) atoms. The molecule has 4 heteroatoms. The Bertz CT molecular complexity index is 98.2. The molecule has 1 rings (SSSR count). The first-order valence-corrected chi connectivity index (χ1v) is 2.96. The fourth-order valence-electron chi connectivity index (χ4n) is 0.954. The fourth-order valence-corrected chi connectivity index (χ4v) is 0.954. The maximum atomic E-state index is 8.98. The summed E-state index contributed by atoms with van der Waals surface area (Å²) in [6.45, 7) is 0.241. The minimum absolute atomic E-state index is 0.127. The normalized spacial score (nSPS) is 43.7. The van der Waals surface area contributed by atoms with Crippen LogP contribution in [0.15, 0.2) is 0 Å². The minimum atomic E-state index is -0.810. The van der Waals surface area contributed by atoms with Gasteiger partial charge >= 0.3 is 0 Å². The molecule has 0 spiro atoms. The van der Waals surface area contributed by atoms with Gasteiger partial charge < -0.3 is 20.6 Å². The standard InChI is InChI=1S/C5H11NO3/c7-2-3-5(9)4(8)1-6-3/h3-9H,1-2H2/t3?,4?,5-/m0/s1. The van der Waals surface area contributed by atoms with Gasteiger partial charge in [-0.15, -0.1) is 0 Å². The second kappa shape index (κ2) is 2.62. The van der Waals surface area contributed by atoms with E-state index in [9.17, 15) is 0 Å². The minimum Gasteiger partial charge on any atom is -0.395 e. The van der Waals surface area contributed by atoms with Crippen LogP contribution in [0.4, 0.5) is 0 Å². The third kappa shape index (κ3) is 1.21. The largest absolute Gasteiger partial charge is 0.395 e. The zero-order valence-corrected chi connectivity index (χ0v) is 4.99. The molecular formula is C5H11NO3. The van der Waals surface area contributed by atoms with E-state index in [1.165, 1.54) is 0 Å². The highest BCUT2D eigenvalue weighted by Gasteiger charge is 2.31. The molecule has 1 saturated heterocycles. The summed E-state index contributed by atoms with van der Waals surface area (Å²) in [4.78, 5) is 0. The first-order chi connectivity index (χ1) is 4.25. The van der Waals surface area contributed by atoms with Crippen LogP contribution in [0.1, 0.15) is 0 Å². The molecule has 4 N–H and O–H groups in total. The molecule has 1 aliphatic heterocycles. The van der Waals surface area contributed by atoms with Crippen molar-refractivity contribution in [2.24, 2.45) is 0 Å². The Labute approximate surface area is 53.1 Å². The summed E-state index contributed by atoms with van der Waals surface area (Å²) < 4.78 is 0. The Kier molecular flexibility index (Phi) is 2.02. The topological polar surface area (TPSA) is 72.7 Å². The maximum absolute atomic E-state index is 8.98. The van der Waals surface area contributed by atoms with Crippen molar-refractivity contribution in [3.05, 3.63) is 0 Å². The summed E-state index contributed by atoms with van der Waals surface area (Å²) >= 11 is 0. The molecule has 4 nitrogen and oxygen atoms in total. The van der Waals surface area contributed by atoms with Gasteiger partial charge in [-0.3, -0.25) is 0 Å². The number of hydrogen-bond acceptors (Lipinski definition) is 4. The van der Waals surface area contributed by atoms with Gasteiger partial charge in [0.25, 0.3) is 0 Å². The summed E-state index contributed by atoms with van der Waals surface area (Å²) in [7, 11) is 0. The Balaban J connectivity index is 2.41. The third-order valence-corrected chi connectivity index (χ3v) is 1.59. The van der Waals surface area contributed by atoms with Gasteiger partial charge in [-0.2, -0.15) is 0 Å². The number of aliphatic hydroxyl groups is 3. The highest BCUT2D eigenvalue weighted by atomic mass is 16.3. The van der Waals surface area contributed by atoms with Crippen LogP contribution >= 0.6 is 0 Å². The van der Waals surface area contributed by atoms with E-state index in [1.54, 1.807) is 0 Å². The van der Waals surface area contributed by atoms with Crippen LogP contribution in [0, 0.1) is 0 Å². The third-order valence-electron chi connectivity index (χ3n) is 1.59. The second-order valence-electron chi connectivity index (χ2n) is 2.26. The molecule has 3 atom stereocenters. The number of hydrogen-bond donors (Lipinski definition) is 4. The number of aliphatic hydroxyl groups excluding tert-OH is 3. The lowest BCUT2D eigenvalue weighted by Crippen LogP contribution is -2.35. The van der Waals surface area contributed by atoms with Crippen molar-refractivity contribution >= 4 is 0 Å². The van der Waals surface area contributed by atoms with Crippen LogP contribution in [-0.2, 0) is 0 Å².